The Labute approximate surface area is 108 Å². The van der Waals surface area contributed by atoms with Crippen LogP contribution in [0.3, 0.4) is 0 Å². The molecule has 1 amide bonds. The first-order chi connectivity index (χ1) is 8.40. The van der Waals surface area contributed by atoms with Crippen molar-refractivity contribution in [3.8, 4) is 0 Å². The highest BCUT2D eigenvalue weighted by atomic mass is 16.2. The Morgan fingerprint density at radius 1 is 1.28 bits per heavy atom. The summed E-state index contributed by atoms with van der Waals surface area (Å²) in [5.74, 6) is 0.517. The lowest BCUT2D eigenvalue weighted by Gasteiger charge is -2.15. The topological polar surface area (TPSA) is 51.1 Å². The van der Waals surface area contributed by atoms with E-state index in [1.165, 1.54) is 10.6 Å². The summed E-state index contributed by atoms with van der Waals surface area (Å²) in [4.78, 5) is 23.2. The van der Waals surface area contributed by atoms with Crippen molar-refractivity contribution in [2.75, 3.05) is 0 Å². The molecule has 0 unspecified atom stereocenters. The number of nitrogens with zero attached hydrogens (tertiary/aromatic N) is 1. The van der Waals surface area contributed by atoms with Crippen molar-refractivity contribution in [1.29, 1.82) is 0 Å². The zero-order valence-electron chi connectivity index (χ0n) is 11.6. The quantitative estimate of drug-likeness (QED) is 0.868. The highest BCUT2D eigenvalue weighted by molar-refractivity contribution is 5.94. The summed E-state index contributed by atoms with van der Waals surface area (Å²) in [5.41, 5.74) is 0.410. The first-order valence-corrected chi connectivity index (χ1v) is 6.37. The van der Waals surface area contributed by atoms with Crippen molar-refractivity contribution in [3.05, 3.63) is 34.2 Å². The van der Waals surface area contributed by atoms with Gasteiger partial charge in [-0.3, -0.25) is 9.59 Å². The first kappa shape index (κ1) is 14.5. The van der Waals surface area contributed by atoms with Crippen molar-refractivity contribution in [2.45, 2.75) is 39.7 Å². The average Bonchev–Trinajstić information content (AvgIpc) is 2.30. The van der Waals surface area contributed by atoms with Gasteiger partial charge in [-0.2, -0.15) is 0 Å². The van der Waals surface area contributed by atoms with Gasteiger partial charge >= 0.3 is 0 Å². The molecule has 4 heteroatoms. The highest BCUT2D eigenvalue weighted by Crippen LogP contribution is 2.07. The van der Waals surface area contributed by atoms with Crippen LogP contribution >= 0.6 is 0 Å². The number of hydrogen-bond donors (Lipinski definition) is 1. The summed E-state index contributed by atoms with van der Waals surface area (Å²) < 4.78 is 1.41. The van der Waals surface area contributed by atoms with Crippen LogP contribution in [-0.4, -0.2) is 16.5 Å². The fourth-order valence-corrected chi connectivity index (χ4v) is 1.69. The molecule has 0 saturated carbocycles. The van der Waals surface area contributed by atoms with Crippen LogP contribution in [0.4, 0.5) is 0 Å². The first-order valence-electron chi connectivity index (χ1n) is 6.37. The number of aromatic nitrogens is 1. The third-order valence-corrected chi connectivity index (χ3v) is 2.90. The Morgan fingerprint density at radius 2 is 1.94 bits per heavy atom. The van der Waals surface area contributed by atoms with Crippen molar-refractivity contribution in [1.82, 2.24) is 9.88 Å². The normalized spacial score (nSPS) is 12.5. The molecule has 100 valence electrons. The van der Waals surface area contributed by atoms with E-state index in [1.807, 2.05) is 6.92 Å². The van der Waals surface area contributed by atoms with E-state index >= 15 is 0 Å². The zero-order chi connectivity index (χ0) is 13.7. The van der Waals surface area contributed by atoms with E-state index in [0.717, 1.165) is 12.8 Å². The van der Waals surface area contributed by atoms with Gasteiger partial charge in [0.05, 0.1) is 5.56 Å². The van der Waals surface area contributed by atoms with Gasteiger partial charge in [-0.1, -0.05) is 13.8 Å². The Hall–Kier alpha value is -1.58. The molecule has 1 aromatic heterocycles. The third kappa shape index (κ3) is 4.35. The van der Waals surface area contributed by atoms with Crippen molar-refractivity contribution >= 4 is 5.91 Å². The highest BCUT2D eigenvalue weighted by Gasteiger charge is 2.10. The van der Waals surface area contributed by atoms with Gasteiger partial charge in [0.25, 0.3) is 5.91 Å². The van der Waals surface area contributed by atoms with Crippen LogP contribution < -0.4 is 10.9 Å². The van der Waals surface area contributed by atoms with Gasteiger partial charge in [-0.15, -0.1) is 0 Å². The summed E-state index contributed by atoms with van der Waals surface area (Å²) in [6, 6.07) is 3.12. The second-order valence-corrected chi connectivity index (χ2v) is 5.21. The van der Waals surface area contributed by atoms with Crippen LogP contribution in [0.1, 0.15) is 44.0 Å². The second-order valence-electron chi connectivity index (χ2n) is 5.21. The number of aryl methyl sites for hydroxylation is 1. The second kappa shape index (κ2) is 6.38. The van der Waals surface area contributed by atoms with E-state index in [4.69, 9.17) is 0 Å². The Bertz CT molecular complexity index is 463. The Balaban J connectivity index is 2.59. The molecule has 1 rings (SSSR count). The van der Waals surface area contributed by atoms with Crippen LogP contribution in [0.15, 0.2) is 23.1 Å². The number of pyridine rings is 1. The predicted octanol–water partition coefficient (Wildman–Crippen LogP) is 1.94. The van der Waals surface area contributed by atoms with Crippen molar-refractivity contribution in [3.63, 3.8) is 0 Å². The maximum absolute atomic E-state index is 11.9. The smallest absolute Gasteiger partial charge is 0.252 e. The van der Waals surface area contributed by atoms with Crippen LogP contribution in [0, 0.1) is 5.92 Å². The molecule has 4 nitrogen and oxygen atoms in total. The van der Waals surface area contributed by atoms with E-state index in [2.05, 4.69) is 19.2 Å². The molecule has 0 bridgehead atoms. The summed E-state index contributed by atoms with van der Waals surface area (Å²) in [6.07, 6.45) is 3.62. The van der Waals surface area contributed by atoms with Gasteiger partial charge in [-0.05, 0) is 31.7 Å². The van der Waals surface area contributed by atoms with Gasteiger partial charge < -0.3 is 9.88 Å². The molecule has 0 fully saturated rings. The van der Waals surface area contributed by atoms with Crippen LogP contribution in [0.5, 0.6) is 0 Å². The summed E-state index contributed by atoms with van der Waals surface area (Å²) in [7, 11) is 1.64. The van der Waals surface area contributed by atoms with Crippen molar-refractivity contribution < 1.29 is 4.79 Å². The van der Waals surface area contributed by atoms with Gasteiger partial charge in [0.15, 0.2) is 0 Å². The van der Waals surface area contributed by atoms with E-state index in [-0.39, 0.29) is 17.5 Å². The van der Waals surface area contributed by atoms with E-state index in [0.29, 0.717) is 11.5 Å². The Morgan fingerprint density at radius 3 is 2.50 bits per heavy atom. The number of carbonyl (C=O) groups is 1. The minimum absolute atomic E-state index is 0.112. The molecule has 0 aromatic carbocycles. The maximum atomic E-state index is 11.9. The molecule has 1 heterocycles. The minimum atomic E-state index is -0.123. The minimum Gasteiger partial charge on any atom is -0.350 e. The van der Waals surface area contributed by atoms with Crippen molar-refractivity contribution in [2.24, 2.45) is 13.0 Å². The lowest BCUT2D eigenvalue weighted by molar-refractivity contribution is 0.0936. The summed E-state index contributed by atoms with van der Waals surface area (Å²) in [5, 5.41) is 2.94. The molecule has 1 aromatic rings. The molecule has 0 aliphatic rings. The fraction of sp³-hybridized carbons (Fsp3) is 0.571. The maximum Gasteiger partial charge on any atom is 0.252 e. The van der Waals surface area contributed by atoms with Gasteiger partial charge in [-0.25, -0.2) is 0 Å². The fourth-order valence-electron chi connectivity index (χ4n) is 1.69. The zero-order valence-corrected chi connectivity index (χ0v) is 11.6. The molecule has 0 aliphatic carbocycles. The molecule has 1 atom stereocenters. The van der Waals surface area contributed by atoms with Crippen LogP contribution in [0.25, 0.3) is 0 Å². The van der Waals surface area contributed by atoms with Gasteiger partial charge in [0.1, 0.15) is 0 Å². The molecular formula is C14H22N2O2. The number of hydrogen-bond acceptors (Lipinski definition) is 2. The molecule has 0 spiro atoms. The van der Waals surface area contributed by atoms with Gasteiger partial charge in [0, 0.05) is 25.4 Å². The third-order valence-electron chi connectivity index (χ3n) is 2.90. The molecule has 0 saturated heterocycles. The average molecular weight is 250 g/mol. The van der Waals surface area contributed by atoms with E-state index < -0.39 is 0 Å². The molecular weight excluding hydrogens is 228 g/mol. The summed E-state index contributed by atoms with van der Waals surface area (Å²) >= 11 is 0. The largest absolute Gasteiger partial charge is 0.350 e. The lowest BCUT2D eigenvalue weighted by atomic mass is 10.0. The number of rotatable bonds is 5. The predicted molar refractivity (Wildman–Crippen MR) is 72.7 cm³/mol. The van der Waals surface area contributed by atoms with E-state index in [1.54, 1.807) is 19.3 Å². The molecule has 1 N–H and O–H groups in total. The lowest BCUT2D eigenvalue weighted by Crippen LogP contribution is -2.33. The standard InChI is InChI=1S/C14H22N2O2/c1-10(2)5-6-11(3)15-14(18)12-7-8-13(17)16(4)9-12/h7-11H,5-6H2,1-4H3,(H,15,18)/t11-/m1/s1. The molecule has 18 heavy (non-hydrogen) atoms. The number of carbonyl (C=O) groups excluding carboxylic acids is 1. The molecule has 0 aliphatic heterocycles. The number of amides is 1. The molecule has 0 radical (unpaired) electrons. The van der Waals surface area contributed by atoms with Crippen LogP contribution in [-0.2, 0) is 7.05 Å². The number of nitrogens with one attached hydrogen (secondary N) is 1. The Kier molecular flexibility index (Phi) is 5.13. The van der Waals surface area contributed by atoms with E-state index in [9.17, 15) is 9.59 Å². The van der Waals surface area contributed by atoms with Gasteiger partial charge in [0.2, 0.25) is 5.56 Å². The summed E-state index contributed by atoms with van der Waals surface area (Å²) in [6.45, 7) is 6.34. The SMILES string of the molecule is CC(C)CC[C@@H](C)NC(=O)c1ccc(=O)n(C)c1. The monoisotopic (exact) mass is 250 g/mol. The van der Waals surface area contributed by atoms with Crippen LogP contribution in [0.2, 0.25) is 0 Å².